The number of aromatic nitrogens is 1. The van der Waals surface area contributed by atoms with Gasteiger partial charge < -0.3 is 10.2 Å². The van der Waals surface area contributed by atoms with Crippen LogP contribution in [0.25, 0.3) is 0 Å². The number of benzene rings is 1. The average Bonchev–Trinajstić information content (AvgIpc) is 3.53. The molecule has 4 atom stereocenters. The molecule has 5 nitrogen and oxygen atoms in total. The lowest BCUT2D eigenvalue weighted by Crippen LogP contribution is -2.41. The van der Waals surface area contributed by atoms with Crippen molar-refractivity contribution in [2.75, 3.05) is 11.9 Å². The zero-order valence-corrected chi connectivity index (χ0v) is 22.1. The summed E-state index contributed by atoms with van der Waals surface area (Å²) in [5.41, 5.74) is 5.13. The van der Waals surface area contributed by atoms with Gasteiger partial charge in [-0.3, -0.25) is 14.6 Å². The number of hydrogen-bond donors (Lipinski definition) is 1. The summed E-state index contributed by atoms with van der Waals surface area (Å²) in [7, 11) is 0. The van der Waals surface area contributed by atoms with Crippen molar-refractivity contribution >= 4 is 17.5 Å². The van der Waals surface area contributed by atoms with Gasteiger partial charge in [-0.05, 0) is 106 Å². The zero-order valence-electron chi connectivity index (χ0n) is 22.1. The maximum absolute atomic E-state index is 13.2. The Bertz CT molecular complexity index is 1090. The summed E-state index contributed by atoms with van der Waals surface area (Å²) in [5.74, 6) is 2.29. The topological polar surface area (TPSA) is 62.3 Å². The standard InChI is InChI=1S/C31H41N3O2/c1-20-11-13-25(19-32-20)30(35)33-29-10-6-9-27-26(15-16-28(27)29)22(3)23-14-12-21(2)34(18-17-23)31(36)24-7-4-5-8-24/h6,9-11,13,19,21-24,26H,4-5,7-8,12,14-18H2,1-3H3,(H,33,35). The molecule has 5 heteroatoms. The fraction of sp³-hybridized carbons (Fsp3) is 0.581. The first-order valence-electron chi connectivity index (χ1n) is 14.1. The Labute approximate surface area is 216 Å². The van der Waals surface area contributed by atoms with Gasteiger partial charge >= 0.3 is 0 Å². The van der Waals surface area contributed by atoms with Crippen LogP contribution in [0.15, 0.2) is 36.5 Å². The third-order valence-electron chi connectivity index (χ3n) is 9.33. The van der Waals surface area contributed by atoms with Crippen LogP contribution in [0.3, 0.4) is 0 Å². The summed E-state index contributed by atoms with van der Waals surface area (Å²) < 4.78 is 0. The monoisotopic (exact) mass is 487 g/mol. The summed E-state index contributed by atoms with van der Waals surface area (Å²) in [6, 6.07) is 10.4. The van der Waals surface area contributed by atoms with Crippen molar-refractivity contribution in [3.05, 3.63) is 58.9 Å². The Hall–Kier alpha value is -2.69. The van der Waals surface area contributed by atoms with Gasteiger partial charge in [0.2, 0.25) is 5.91 Å². The maximum atomic E-state index is 13.2. The van der Waals surface area contributed by atoms with E-state index in [9.17, 15) is 9.59 Å². The van der Waals surface area contributed by atoms with Crippen LogP contribution >= 0.6 is 0 Å². The van der Waals surface area contributed by atoms with Crippen molar-refractivity contribution in [2.24, 2.45) is 17.8 Å². The molecule has 36 heavy (non-hydrogen) atoms. The third-order valence-corrected chi connectivity index (χ3v) is 9.33. The summed E-state index contributed by atoms with van der Waals surface area (Å²) in [6.07, 6.45) is 11.8. The quantitative estimate of drug-likeness (QED) is 0.522. The molecule has 5 rings (SSSR count). The number of aryl methyl sites for hydroxylation is 1. The van der Waals surface area contributed by atoms with Crippen LogP contribution < -0.4 is 5.32 Å². The number of carbonyl (C=O) groups is 2. The highest BCUT2D eigenvalue weighted by Crippen LogP contribution is 2.46. The number of nitrogens with one attached hydrogen (secondary N) is 1. The number of pyridine rings is 1. The van der Waals surface area contributed by atoms with Gasteiger partial charge in [-0.15, -0.1) is 0 Å². The molecule has 1 saturated heterocycles. The molecule has 0 radical (unpaired) electrons. The van der Waals surface area contributed by atoms with Gasteiger partial charge in [0.25, 0.3) is 5.91 Å². The number of carbonyl (C=O) groups excluding carboxylic acids is 2. The maximum Gasteiger partial charge on any atom is 0.257 e. The second kappa shape index (κ2) is 10.7. The molecule has 1 aliphatic heterocycles. The molecule has 2 aliphatic carbocycles. The minimum absolute atomic E-state index is 0.0998. The van der Waals surface area contributed by atoms with Crippen molar-refractivity contribution < 1.29 is 9.59 Å². The number of nitrogens with zero attached hydrogens (tertiary/aromatic N) is 2. The molecule has 192 valence electrons. The molecule has 2 fully saturated rings. The zero-order chi connectivity index (χ0) is 25.2. The van der Waals surface area contributed by atoms with Crippen LogP contribution in [0.2, 0.25) is 0 Å². The summed E-state index contributed by atoms with van der Waals surface area (Å²) >= 11 is 0. The summed E-state index contributed by atoms with van der Waals surface area (Å²) in [5, 5.41) is 3.15. The van der Waals surface area contributed by atoms with Crippen molar-refractivity contribution in [3.63, 3.8) is 0 Å². The molecule has 2 amide bonds. The van der Waals surface area contributed by atoms with E-state index in [1.54, 1.807) is 6.20 Å². The van der Waals surface area contributed by atoms with Crippen molar-refractivity contribution in [3.8, 4) is 0 Å². The molecule has 1 N–H and O–H groups in total. The SMILES string of the molecule is Cc1ccc(C(=O)Nc2cccc3c2CCC3C(C)C2CCC(C)N(C(=O)C3CCCC3)CC2)cn1. The molecule has 0 spiro atoms. The van der Waals surface area contributed by atoms with E-state index in [1.807, 2.05) is 25.1 Å². The molecule has 2 heterocycles. The predicted octanol–water partition coefficient (Wildman–Crippen LogP) is 6.52. The summed E-state index contributed by atoms with van der Waals surface area (Å²) in [6.45, 7) is 7.51. The molecular formula is C31H41N3O2. The lowest BCUT2D eigenvalue weighted by atomic mass is 9.76. The fourth-order valence-electron chi connectivity index (χ4n) is 7.02. The van der Waals surface area contributed by atoms with E-state index in [-0.39, 0.29) is 11.8 Å². The van der Waals surface area contributed by atoms with E-state index in [1.165, 1.54) is 30.4 Å². The van der Waals surface area contributed by atoms with Crippen molar-refractivity contribution in [1.82, 2.24) is 9.88 Å². The van der Waals surface area contributed by atoms with Crippen molar-refractivity contribution in [1.29, 1.82) is 0 Å². The van der Waals surface area contributed by atoms with Crippen LogP contribution in [0, 0.1) is 24.7 Å². The van der Waals surface area contributed by atoms with Crippen LogP contribution in [-0.2, 0) is 11.2 Å². The van der Waals surface area contributed by atoms with Gasteiger partial charge in [-0.1, -0.05) is 31.9 Å². The Morgan fingerprint density at radius 3 is 2.58 bits per heavy atom. The molecule has 1 aromatic carbocycles. The number of amides is 2. The first-order chi connectivity index (χ1) is 17.4. The van der Waals surface area contributed by atoms with Crippen LogP contribution in [-0.4, -0.2) is 34.3 Å². The van der Waals surface area contributed by atoms with E-state index < -0.39 is 0 Å². The molecule has 1 aromatic heterocycles. The Morgan fingerprint density at radius 2 is 1.83 bits per heavy atom. The second-order valence-electron chi connectivity index (χ2n) is 11.5. The molecule has 2 aromatic rings. The largest absolute Gasteiger partial charge is 0.340 e. The minimum Gasteiger partial charge on any atom is -0.340 e. The first kappa shape index (κ1) is 25.0. The number of anilines is 1. The van der Waals surface area contributed by atoms with E-state index in [2.05, 4.69) is 41.2 Å². The molecular weight excluding hydrogens is 446 g/mol. The Morgan fingerprint density at radius 1 is 1.03 bits per heavy atom. The van der Waals surface area contributed by atoms with E-state index in [4.69, 9.17) is 0 Å². The van der Waals surface area contributed by atoms with E-state index in [0.29, 0.717) is 35.3 Å². The summed E-state index contributed by atoms with van der Waals surface area (Å²) in [4.78, 5) is 32.5. The van der Waals surface area contributed by atoms with Gasteiger partial charge in [-0.25, -0.2) is 0 Å². The predicted molar refractivity (Wildman–Crippen MR) is 144 cm³/mol. The normalized spacial score (nSPS) is 25.3. The number of rotatable bonds is 5. The van der Waals surface area contributed by atoms with Crippen molar-refractivity contribution in [2.45, 2.75) is 90.5 Å². The second-order valence-corrected chi connectivity index (χ2v) is 11.5. The molecule has 3 aliphatic rings. The number of hydrogen-bond acceptors (Lipinski definition) is 3. The van der Waals surface area contributed by atoms with E-state index in [0.717, 1.165) is 56.5 Å². The van der Waals surface area contributed by atoms with Crippen LogP contribution in [0.5, 0.6) is 0 Å². The highest BCUT2D eigenvalue weighted by atomic mass is 16.2. The Balaban J connectivity index is 1.26. The molecule has 4 unspecified atom stereocenters. The molecule has 0 bridgehead atoms. The van der Waals surface area contributed by atoms with E-state index >= 15 is 0 Å². The Kier molecular flexibility index (Phi) is 7.45. The fourth-order valence-corrected chi connectivity index (χ4v) is 7.02. The molecule has 1 saturated carbocycles. The van der Waals surface area contributed by atoms with Crippen LogP contribution in [0.1, 0.15) is 98.3 Å². The lowest BCUT2D eigenvalue weighted by molar-refractivity contribution is -0.137. The van der Waals surface area contributed by atoms with Gasteiger partial charge in [-0.2, -0.15) is 0 Å². The smallest absolute Gasteiger partial charge is 0.257 e. The number of likely N-dealkylation sites (tertiary alicyclic amines) is 1. The highest BCUT2D eigenvalue weighted by Gasteiger charge is 2.37. The van der Waals surface area contributed by atoms with Crippen LogP contribution in [0.4, 0.5) is 5.69 Å². The lowest BCUT2D eigenvalue weighted by Gasteiger charge is -2.30. The van der Waals surface area contributed by atoms with Gasteiger partial charge in [0, 0.05) is 36.1 Å². The average molecular weight is 488 g/mol. The van der Waals surface area contributed by atoms with Gasteiger partial charge in [0.05, 0.1) is 5.56 Å². The number of fused-ring (bicyclic) bond motifs is 1. The van der Waals surface area contributed by atoms with Gasteiger partial charge in [0.1, 0.15) is 0 Å². The first-order valence-corrected chi connectivity index (χ1v) is 14.1. The minimum atomic E-state index is -0.0998. The van der Waals surface area contributed by atoms with Gasteiger partial charge in [0.15, 0.2) is 0 Å². The highest BCUT2D eigenvalue weighted by molar-refractivity contribution is 6.04. The third kappa shape index (κ3) is 5.07.